The molecule has 0 bridgehead atoms. The van der Waals surface area contributed by atoms with Crippen molar-refractivity contribution in [3.05, 3.63) is 33.8 Å². The van der Waals surface area contributed by atoms with Gasteiger partial charge in [0.25, 0.3) is 0 Å². The van der Waals surface area contributed by atoms with E-state index >= 15 is 0 Å². The second-order valence-corrected chi connectivity index (χ2v) is 4.83. The molecule has 1 nitrogen and oxygen atoms in total. The van der Waals surface area contributed by atoms with Gasteiger partial charge in [-0.05, 0) is 34.5 Å². The fourth-order valence-electron chi connectivity index (χ4n) is 1.58. The first-order valence-electron chi connectivity index (χ1n) is 5.74. The van der Waals surface area contributed by atoms with Crippen LogP contribution in [0.25, 0.3) is 0 Å². The van der Waals surface area contributed by atoms with E-state index in [1.54, 1.807) is 0 Å². The number of rotatable bonds is 6. The van der Waals surface area contributed by atoms with Crippen molar-refractivity contribution in [2.75, 3.05) is 0 Å². The van der Waals surface area contributed by atoms with E-state index in [1.165, 1.54) is 0 Å². The van der Waals surface area contributed by atoms with Gasteiger partial charge in [-0.15, -0.1) is 0 Å². The summed E-state index contributed by atoms with van der Waals surface area (Å²) in [5.41, 5.74) is -0.151. The Balaban J connectivity index is 2.66. The van der Waals surface area contributed by atoms with Crippen LogP contribution in [0.15, 0.2) is 16.6 Å². The Morgan fingerprint density at radius 2 is 1.88 bits per heavy atom. The van der Waals surface area contributed by atoms with Crippen LogP contribution in [0.2, 0.25) is 0 Å². The lowest BCUT2D eigenvalue weighted by Crippen LogP contribution is -2.03. The molecular formula is C13H15BrF2O. The van der Waals surface area contributed by atoms with E-state index in [1.807, 2.05) is 0 Å². The third-order valence-electron chi connectivity index (χ3n) is 2.57. The van der Waals surface area contributed by atoms with Crippen LogP contribution in [0.4, 0.5) is 8.78 Å². The van der Waals surface area contributed by atoms with Crippen molar-refractivity contribution in [1.82, 2.24) is 0 Å². The van der Waals surface area contributed by atoms with Gasteiger partial charge in [-0.25, -0.2) is 8.78 Å². The van der Waals surface area contributed by atoms with Crippen molar-refractivity contribution in [2.24, 2.45) is 0 Å². The molecule has 0 saturated carbocycles. The molecule has 0 aliphatic carbocycles. The van der Waals surface area contributed by atoms with Gasteiger partial charge in [0.2, 0.25) is 0 Å². The minimum absolute atomic E-state index is 0.0394. The van der Waals surface area contributed by atoms with Gasteiger partial charge in [0.15, 0.2) is 5.78 Å². The van der Waals surface area contributed by atoms with Gasteiger partial charge >= 0.3 is 0 Å². The first kappa shape index (κ1) is 14.3. The van der Waals surface area contributed by atoms with E-state index in [0.29, 0.717) is 0 Å². The number of Topliss-reactive ketones (excluding diaryl/α,β-unsaturated/α-hetero) is 1. The molecule has 0 amide bonds. The van der Waals surface area contributed by atoms with Crippen LogP contribution in [-0.2, 0) is 0 Å². The number of hydrogen-bond donors (Lipinski definition) is 0. The van der Waals surface area contributed by atoms with Crippen LogP contribution in [0.3, 0.4) is 0 Å². The van der Waals surface area contributed by atoms with E-state index < -0.39 is 11.6 Å². The average molecular weight is 305 g/mol. The number of benzene rings is 1. The molecule has 0 N–H and O–H groups in total. The Morgan fingerprint density at radius 3 is 2.53 bits per heavy atom. The minimum atomic E-state index is -0.668. The van der Waals surface area contributed by atoms with Gasteiger partial charge in [-0.1, -0.05) is 26.2 Å². The molecule has 17 heavy (non-hydrogen) atoms. The Bertz CT molecular complexity index is 405. The lowest BCUT2D eigenvalue weighted by Gasteiger charge is -2.04. The summed E-state index contributed by atoms with van der Waals surface area (Å²) in [4.78, 5) is 11.7. The van der Waals surface area contributed by atoms with Gasteiger partial charge in [-0.2, -0.15) is 0 Å². The van der Waals surface area contributed by atoms with Crippen LogP contribution in [0.1, 0.15) is 49.4 Å². The number of hydrogen-bond acceptors (Lipinski definition) is 1. The zero-order valence-corrected chi connectivity index (χ0v) is 11.3. The summed E-state index contributed by atoms with van der Waals surface area (Å²) in [6.07, 6.45) is 4.09. The molecule has 0 spiro atoms. The van der Waals surface area contributed by atoms with Crippen molar-refractivity contribution >= 4 is 21.7 Å². The van der Waals surface area contributed by atoms with E-state index in [2.05, 4.69) is 22.9 Å². The third kappa shape index (κ3) is 4.19. The van der Waals surface area contributed by atoms with Gasteiger partial charge in [0, 0.05) is 6.42 Å². The monoisotopic (exact) mass is 304 g/mol. The highest BCUT2D eigenvalue weighted by Gasteiger charge is 2.14. The van der Waals surface area contributed by atoms with Crippen molar-refractivity contribution in [3.63, 3.8) is 0 Å². The predicted octanol–water partition coefficient (Wildman–Crippen LogP) is 4.88. The molecule has 1 aromatic rings. The Kier molecular flexibility index (Phi) is 5.75. The van der Waals surface area contributed by atoms with Gasteiger partial charge in [-0.3, -0.25) is 4.79 Å². The lowest BCUT2D eigenvalue weighted by atomic mass is 10.0. The molecule has 94 valence electrons. The van der Waals surface area contributed by atoms with Crippen LogP contribution in [0.5, 0.6) is 0 Å². The summed E-state index contributed by atoms with van der Waals surface area (Å²) in [5, 5.41) is 0. The average Bonchev–Trinajstić information content (AvgIpc) is 2.29. The van der Waals surface area contributed by atoms with Crippen molar-refractivity contribution in [3.8, 4) is 0 Å². The number of halogens is 3. The van der Waals surface area contributed by atoms with E-state index in [9.17, 15) is 13.6 Å². The number of carbonyl (C=O) groups excluding carboxylic acids is 1. The molecule has 0 saturated heterocycles. The van der Waals surface area contributed by atoms with Crippen molar-refractivity contribution < 1.29 is 13.6 Å². The molecule has 0 aliphatic heterocycles. The largest absolute Gasteiger partial charge is 0.294 e. The van der Waals surface area contributed by atoms with Gasteiger partial charge < -0.3 is 0 Å². The Morgan fingerprint density at radius 1 is 1.18 bits per heavy atom. The zero-order chi connectivity index (χ0) is 12.8. The fraction of sp³-hybridized carbons (Fsp3) is 0.462. The van der Waals surface area contributed by atoms with Crippen molar-refractivity contribution in [1.29, 1.82) is 0 Å². The van der Waals surface area contributed by atoms with E-state index in [-0.39, 0.29) is 22.2 Å². The summed E-state index contributed by atoms with van der Waals surface area (Å²) in [5.74, 6) is -1.60. The van der Waals surface area contributed by atoms with Crippen LogP contribution < -0.4 is 0 Å². The third-order valence-corrected chi connectivity index (χ3v) is 3.18. The molecule has 0 radical (unpaired) electrons. The maximum Gasteiger partial charge on any atom is 0.165 e. The lowest BCUT2D eigenvalue weighted by molar-refractivity contribution is 0.0974. The maximum absolute atomic E-state index is 13.4. The standard InChI is InChI=1S/C13H15BrF2O/c1-2-3-4-5-6-13(17)9-7-12(16)10(14)8-11(9)15/h7-8H,2-6H2,1H3. The number of carbonyl (C=O) groups is 1. The molecule has 0 atom stereocenters. The molecule has 0 fully saturated rings. The van der Waals surface area contributed by atoms with Crippen LogP contribution >= 0.6 is 15.9 Å². The van der Waals surface area contributed by atoms with Gasteiger partial charge in [0.1, 0.15) is 11.6 Å². The highest BCUT2D eigenvalue weighted by atomic mass is 79.9. The maximum atomic E-state index is 13.4. The Hall–Kier alpha value is -0.770. The van der Waals surface area contributed by atoms with E-state index in [4.69, 9.17) is 0 Å². The summed E-state index contributed by atoms with van der Waals surface area (Å²) in [6.45, 7) is 2.07. The second kappa shape index (κ2) is 6.84. The topological polar surface area (TPSA) is 17.1 Å². The number of ketones is 1. The molecular weight excluding hydrogens is 290 g/mol. The van der Waals surface area contributed by atoms with Crippen LogP contribution in [-0.4, -0.2) is 5.78 Å². The van der Waals surface area contributed by atoms with E-state index in [0.717, 1.165) is 37.8 Å². The summed E-state index contributed by atoms with van der Waals surface area (Å²) >= 11 is 2.88. The molecule has 0 heterocycles. The first-order valence-corrected chi connectivity index (χ1v) is 6.53. The SMILES string of the molecule is CCCCCCC(=O)c1cc(F)c(Br)cc1F. The molecule has 4 heteroatoms. The van der Waals surface area contributed by atoms with Crippen molar-refractivity contribution in [2.45, 2.75) is 39.0 Å². The normalized spacial score (nSPS) is 10.6. The zero-order valence-electron chi connectivity index (χ0n) is 9.73. The second-order valence-electron chi connectivity index (χ2n) is 3.98. The predicted molar refractivity (Wildman–Crippen MR) is 67.1 cm³/mol. The highest BCUT2D eigenvalue weighted by molar-refractivity contribution is 9.10. The molecule has 1 aromatic carbocycles. The molecule has 0 unspecified atom stereocenters. The van der Waals surface area contributed by atoms with Gasteiger partial charge in [0.05, 0.1) is 10.0 Å². The fourth-order valence-corrected chi connectivity index (χ4v) is 1.90. The molecule has 0 aromatic heterocycles. The molecule has 1 rings (SSSR count). The molecule has 0 aliphatic rings. The highest BCUT2D eigenvalue weighted by Crippen LogP contribution is 2.21. The van der Waals surface area contributed by atoms with Crippen LogP contribution in [0, 0.1) is 11.6 Å². The number of unbranched alkanes of at least 4 members (excludes halogenated alkanes) is 3. The quantitative estimate of drug-likeness (QED) is 0.416. The minimum Gasteiger partial charge on any atom is -0.294 e. The Labute approximate surface area is 108 Å². The smallest absolute Gasteiger partial charge is 0.165 e. The summed E-state index contributed by atoms with van der Waals surface area (Å²) in [6, 6.07) is 1.95. The summed E-state index contributed by atoms with van der Waals surface area (Å²) < 4.78 is 26.7. The summed E-state index contributed by atoms with van der Waals surface area (Å²) in [7, 11) is 0. The first-order chi connectivity index (χ1) is 8.06.